The number of rotatable bonds is 4. The fourth-order valence-electron chi connectivity index (χ4n) is 2.35. The van der Waals surface area contributed by atoms with E-state index in [1.807, 2.05) is 36.1 Å². The SMILES string of the molecule is CCN(C(=O)C1CC1(C)C)c1ccc(CN)cc1. The number of carbonyl (C=O) groups excluding carboxylic acids is 1. The Morgan fingerprint density at radius 1 is 1.39 bits per heavy atom. The van der Waals surface area contributed by atoms with E-state index in [4.69, 9.17) is 5.73 Å². The van der Waals surface area contributed by atoms with Gasteiger partial charge in [0, 0.05) is 24.7 Å². The highest BCUT2D eigenvalue weighted by molar-refractivity contribution is 5.97. The number of nitrogens with two attached hydrogens (primary N) is 1. The van der Waals surface area contributed by atoms with Crippen molar-refractivity contribution in [2.75, 3.05) is 11.4 Å². The third-order valence-electron chi connectivity index (χ3n) is 3.88. The topological polar surface area (TPSA) is 46.3 Å². The van der Waals surface area contributed by atoms with Gasteiger partial charge in [-0.1, -0.05) is 26.0 Å². The second kappa shape index (κ2) is 4.73. The van der Waals surface area contributed by atoms with Crippen molar-refractivity contribution in [1.29, 1.82) is 0 Å². The molecule has 1 atom stereocenters. The first-order chi connectivity index (χ1) is 8.49. The Morgan fingerprint density at radius 2 is 1.94 bits per heavy atom. The number of hydrogen-bond donors (Lipinski definition) is 1. The summed E-state index contributed by atoms with van der Waals surface area (Å²) in [6.45, 7) is 7.58. The first-order valence-electron chi connectivity index (χ1n) is 6.60. The number of amides is 1. The average Bonchev–Trinajstić information content (AvgIpc) is 3.00. The average molecular weight is 246 g/mol. The quantitative estimate of drug-likeness (QED) is 0.887. The van der Waals surface area contributed by atoms with Crippen LogP contribution in [0.4, 0.5) is 5.69 Å². The summed E-state index contributed by atoms with van der Waals surface area (Å²) in [5, 5.41) is 0. The Hall–Kier alpha value is -1.35. The highest BCUT2D eigenvalue weighted by atomic mass is 16.2. The first-order valence-corrected chi connectivity index (χ1v) is 6.60. The van der Waals surface area contributed by atoms with E-state index in [1.54, 1.807) is 0 Å². The van der Waals surface area contributed by atoms with Crippen molar-refractivity contribution in [3.8, 4) is 0 Å². The Kier molecular flexibility index (Phi) is 3.44. The summed E-state index contributed by atoms with van der Waals surface area (Å²) >= 11 is 0. The van der Waals surface area contributed by atoms with Gasteiger partial charge in [0.05, 0.1) is 0 Å². The van der Waals surface area contributed by atoms with Crippen LogP contribution in [-0.4, -0.2) is 12.5 Å². The lowest BCUT2D eigenvalue weighted by Gasteiger charge is -2.22. The van der Waals surface area contributed by atoms with Crippen LogP contribution in [0.25, 0.3) is 0 Å². The smallest absolute Gasteiger partial charge is 0.230 e. The van der Waals surface area contributed by atoms with Crippen LogP contribution >= 0.6 is 0 Å². The lowest BCUT2D eigenvalue weighted by atomic mass is 10.1. The lowest BCUT2D eigenvalue weighted by Crippen LogP contribution is -2.33. The largest absolute Gasteiger partial charge is 0.326 e. The minimum absolute atomic E-state index is 0.182. The molecule has 0 aliphatic heterocycles. The van der Waals surface area contributed by atoms with Crippen molar-refractivity contribution in [2.45, 2.75) is 33.7 Å². The molecule has 2 rings (SSSR count). The molecule has 98 valence electrons. The van der Waals surface area contributed by atoms with Gasteiger partial charge in [-0.15, -0.1) is 0 Å². The van der Waals surface area contributed by atoms with E-state index in [9.17, 15) is 4.79 Å². The van der Waals surface area contributed by atoms with E-state index in [1.165, 1.54) is 0 Å². The molecule has 0 heterocycles. The molecule has 1 aromatic rings. The monoisotopic (exact) mass is 246 g/mol. The standard InChI is InChI=1S/C15H22N2O/c1-4-17(14(18)13-9-15(13,2)3)12-7-5-11(10-16)6-8-12/h5-8,13H,4,9-10,16H2,1-3H3. The molecule has 18 heavy (non-hydrogen) atoms. The van der Waals surface area contributed by atoms with Crippen LogP contribution in [0, 0.1) is 11.3 Å². The fraction of sp³-hybridized carbons (Fsp3) is 0.533. The van der Waals surface area contributed by atoms with Crippen molar-refractivity contribution in [2.24, 2.45) is 17.1 Å². The number of nitrogens with zero attached hydrogens (tertiary/aromatic N) is 1. The van der Waals surface area contributed by atoms with Crippen LogP contribution in [0.2, 0.25) is 0 Å². The zero-order chi connectivity index (χ0) is 13.3. The van der Waals surface area contributed by atoms with Gasteiger partial charge >= 0.3 is 0 Å². The summed E-state index contributed by atoms with van der Waals surface area (Å²) in [4.78, 5) is 14.3. The molecule has 2 N–H and O–H groups in total. The van der Waals surface area contributed by atoms with Gasteiger partial charge in [-0.3, -0.25) is 4.79 Å². The maximum atomic E-state index is 12.4. The predicted octanol–water partition coefficient (Wildman–Crippen LogP) is 2.54. The summed E-state index contributed by atoms with van der Waals surface area (Å²) in [6.07, 6.45) is 1.00. The Balaban J connectivity index is 2.15. The number of anilines is 1. The van der Waals surface area contributed by atoms with Gasteiger partial charge in [0.25, 0.3) is 0 Å². The van der Waals surface area contributed by atoms with Crippen molar-refractivity contribution < 1.29 is 4.79 Å². The maximum Gasteiger partial charge on any atom is 0.230 e. The molecule has 0 spiro atoms. The molecule has 0 saturated heterocycles. The minimum Gasteiger partial charge on any atom is -0.326 e. The van der Waals surface area contributed by atoms with E-state index >= 15 is 0 Å². The van der Waals surface area contributed by atoms with Crippen LogP contribution in [0.5, 0.6) is 0 Å². The first kappa shape index (κ1) is 13.1. The minimum atomic E-state index is 0.182. The van der Waals surface area contributed by atoms with E-state index in [0.717, 1.165) is 17.7 Å². The van der Waals surface area contributed by atoms with E-state index < -0.39 is 0 Å². The predicted molar refractivity (Wildman–Crippen MR) is 74.2 cm³/mol. The summed E-state index contributed by atoms with van der Waals surface area (Å²) < 4.78 is 0. The molecule has 1 fully saturated rings. The maximum absolute atomic E-state index is 12.4. The van der Waals surface area contributed by atoms with Gasteiger partial charge in [-0.05, 0) is 36.5 Å². The molecule has 0 aromatic heterocycles. The summed E-state index contributed by atoms with van der Waals surface area (Å²) in [6, 6.07) is 7.95. The Morgan fingerprint density at radius 3 is 2.33 bits per heavy atom. The summed E-state index contributed by atoms with van der Waals surface area (Å²) in [5.41, 5.74) is 7.83. The van der Waals surface area contributed by atoms with Crippen molar-refractivity contribution in [3.05, 3.63) is 29.8 Å². The van der Waals surface area contributed by atoms with E-state index in [2.05, 4.69) is 13.8 Å². The van der Waals surface area contributed by atoms with E-state index in [0.29, 0.717) is 13.1 Å². The van der Waals surface area contributed by atoms with Crippen LogP contribution in [0.3, 0.4) is 0 Å². The molecule has 1 saturated carbocycles. The number of hydrogen-bond acceptors (Lipinski definition) is 2. The van der Waals surface area contributed by atoms with Gasteiger partial charge < -0.3 is 10.6 Å². The Bertz CT molecular complexity index is 436. The molecule has 1 aliphatic carbocycles. The number of carbonyl (C=O) groups is 1. The van der Waals surface area contributed by atoms with Gasteiger partial charge in [-0.2, -0.15) is 0 Å². The second-order valence-corrected chi connectivity index (χ2v) is 5.70. The molecule has 3 heteroatoms. The molecule has 0 bridgehead atoms. The zero-order valence-electron chi connectivity index (χ0n) is 11.4. The molecule has 1 unspecified atom stereocenters. The van der Waals surface area contributed by atoms with Crippen molar-refractivity contribution in [1.82, 2.24) is 0 Å². The third kappa shape index (κ3) is 2.41. The third-order valence-corrected chi connectivity index (χ3v) is 3.88. The Labute approximate surface area is 109 Å². The van der Waals surface area contributed by atoms with Crippen molar-refractivity contribution >= 4 is 11.6 Å². The van der Waals surface area contributed by atoms with Gasteiger partial charge in [0.15, 0.2) is 0 Å². The van der Waals surface area contributed by atoms with Crippen LogP contribution in [0.15, 0.2) is 24.3 Å². The highest BCUT2D eigenvalue weighted by Gasteiger charge is 2.51. The summed E-state index contributed by atoms with van der Waals surface area (Å²) in [5.74, 6) is 0.439. The molecule has 1 amide bonds. The normalized spacial score (nSPS) is 20.6. The van der Waals surface area contributed by atoms with Gasteiger partial charge in [0.2, 0.25) is 5.91 Å². The highest BCUT2D eigenvalue weighted by Crippen LogP contribution is 2.52. The summed E-state index contributed by atoms with van der Waals surface area (Å²) in [7, 11) is 0. The molecular weight excluding hydrogens is 224 g/mol. The van der Waals surface area contributed by atoms with Crippen molar-refractivity contribution in [3.63, 3.8) is 0 Å². The second-order valence-electron chi connectivity index (χ2n) is 5.70. The van der Waals surface area contributed by atoms with Gasteiger partial charge in [-0.25, -0.2) is 0 Å². The molecule has 3 nitrogen and oxygen atoms in total. The zero-order valence-corrected chi connectivity index (χ0v) is 11.4. The van der Waals surface area contributed by atoms with Crippen LogP contribution in [-0.2, 0) is 11.3 Å². The van der Waals surface area contributed by atoms with Crippen LogP contribution < -0.4 is 10.6 Å². The molecule has 1 aromatic carbocycles. The van der Waals surface area contributed by atoms with Crippen LogP contribution in [0.1, 0.15) is 32.8 Å². The van der Waals surface area contributed by atoms with E-state index in [-0.39, 0.29) is 17.2 Å². The molecular formula is C15H22N2O. The fourth-order valence-corrected chi connectivity index (χ4v) is 2.35. The van der Waals surface area contributed by atoms with Gasteiger partial charge in [0.1, 0.15) is 0 Å². The molecule has 1 aliphatic rings. The lowest BCUT2D eigenvalue weighted by molar-refractivity contribution is -0.120. The number of benzene rings is 1. The molecule has 0 radical (unpaired) electrons.